The predicted octanol–water partition coefficient (Wildman–Crippen LogP) is 1.03. The number of hydrogen-bond donors (Lipinski definition) is 1. The highest BCUT2D eigenvalue weighted by Crippen LogP contribution is 2.33. The van der Waals surface area contributed by atoms with Gasteiger partial charge >= 0.3 is 12.0 Å². The van der Waals surface area contributed by atoms with Crippen molar-refractivity contribution in [3.63, 3.8) is 0 Å². The lowest BCUT2D eigenvalue weighted by molar-refractivity contribution is -0.151. The van der Waals surface area contributed by atoms with Crippen LogP contribution in [0.5, 0.6) is 11.5 Å². The second-order valence-corrected chi connectivity index (χ2v) is 7.73. The number of rotatable bonds is 6. The van der Waals surface area contributed by atoms with E-state index in [0.29, 0.717) is 44.0 Å². The summed E-state index contributed by atoms with van der Waals surface area (Å²) < 4.78 is 15.6. The Hall–Kier alpha value is -3.30. The quantitative estimate of drug-likeness (QED) is 0.528. The number of urea groups is 1. The number of imide groups is 1. The van der Waals surface area contributed by atoms with E-state index in [0.717, 1.165) is 10.5 Å². The Morgan fingerprint density at radius 2 is 1.90 bits per heavy atom. The number of nitrogens with one attached hydrogen (secondary N) is 1. The molecule has 0 aliphatic carbocycles. The van der Waals surface area contributed by atoms with Crippen molar-refractivity contribution in [3.05, 3.63) is 23.8 Å². The minimum Gasteiger partial charge on any atom is -0.466 e. The van der Waals surface area contributed by atoms with E-state index in [1.54, 1.807) is 30.0 Å². The molecule has 3 heterocycles. The Morgan fingerprint density at radius 3 is 2.65 bits per heavy atom. The van der Waals surface area contributed by atoms with Gasteiger partial charge in [0.05, 0.1) is 25.5 Å². The summed E-state index contributed by atoms with van der Waals surface area (Å²) in [6.45, 7) is 3.18. The van der Waals surface area contributed by atoms with Gasteiger partial charge in [0.15, 0.2) is 11.5 Å². The van der Waals surface area contributed by atoms with Gasteiger partial charge in [0.1, 0.15) is 6.04 Å². The predicted molar refractivity (Wildman–Crippen MR) is 106 cm³/mol. The highest BCUT2D eigenvalue weighted by Gasteiger charge is 2.40. The van der Waals surface area contributed by atoms with Crippen LogP contribution in [0.1, 0.15) is 31.7 Å². The van der Waals surface area contributed by atoms with Crippen molar-refractivity contribution in [2.45, 2.75) is 38.8 Å². The van der Waals surface area contributed by atoms with E-state index < -0.39 is 18.0 Å². The van der Waals surface area contributed by atoms with E-state index in [9.17, 15) is 19.2 Å². The summed E-state index contributed by atoms with van der Waals surface area (Å²) in [5, 5.41) is 2.60. The van der Waals surface area contributed by atoms with Crippen molar-refractivity contribution >= 4 is 23.8 Å². The molecule has 1 atom stereocenters. The summed E-state index contributed by atoms with van der Waals surface area (Å²) in [4.78, 5) is 52.3. The van der Waals surface area contributed by atoms with Crippen LogP contribution in [0.4, 0.5) is 4.79 Å². The van der Waals surface area contributed by atoms with Crippen LogP contribution < -0.4 is 14.8 Å². The second kappa shape index (κ2) is 8.83. The number of likely N-dealkylation sites (tertiary alicyclic amines) is 1. The molecular formula is C21H25N3O7. The van der Waals surface area contributed by atoms with E-state index in [-0.39, 0.29) is 37.6 Å². The number of nitrogens with zero attached hydrogens (tertiary/aromatic N) is 2. The van der Waals surface area contributed by atoms with Crippen molar-refractivity contribution in [1.82, 2.24) is 15.1 Å². The molecule has 2 saturated heterocycles. The smallest absolute Gasteiger partial charge is 0.325 e. The molecule has 3 aliphatic rings. The molecule has 0 unspecified atom stereocenters. The minimum atomic E-state index is -0.892. The van der Waals surface area contributed by atoms with Gasteiger partial charge in [-0.15, -0.1) is 0 Å². The summed E-state index contributed by atoms with van der Waals surface area (Å²) in [5.41, 5.74) is 0.723. The van der Waals surface area contributed by atoms with Crippen LogP contribution in [-0.4, -0.2) is 66.1 Å². The van der Waals surface area contributed by atoms with E-state index in [1.165, 1.54) is 0 Å². The SMILES string of the molecule is CCOC(=O)C1CCN(C(=O)C[C@@H]2NC(=O)N(Cc3ccc4c(c3)OCO4)C2=O)CC1. The average molecular weight is 431 g/mol. The molecule has 1 aromatic carbocycles. The molecule has 0 aromatic heterocycles. The van der Waals surface area contributed by atoms with Gasteiger partial charge in [-0.1, -0.05) is 6.07 Å². The molecule has 31 heavy (non-hydrogen) atoms. The Balaban J connectivity index is 1.31. The van der Waals surface area contributed by atoms with Gasteiger partial charge in [-0.05, 0) is 37.5 Å². The molecule has 2 fully saturated rings. The summed E-state index contributed by atoms with van der Waals surface area (Å²) in [5.74, 6) is 0.114. The fourth-order valence-corrected chi connectivity index (χ4v) is 4.02. The van der Waals surface area contributed by atoms with Gasteiger partial charge in [0.25, 0.3) is 5.91 Å². The molecule has 10 heteroatoms. The monoisotopic (exact) mass is 431 g/mol. The molecule has 1 N–H and O–H groups in total. The fraction of sp³-hybridized carbons (Fsp3) is 0.524. The van der Waals surface area contributed by atoms with Gasteiger partial charge in [-0.2, -0.15) is 0 Å². The Labute approximate surface area is 179 Å². The molecule has 4 amide bonds. The molecule has 0 saturated carbocycles. The van der Waals surface area contributed by atoms with Crippen molar-refractivity contribution in [3.8, 4) is 11.5 Å². The van der Waals surface area contributed by atoms with E-state index >= 15 is 0 Å². The number of piperidine rings is 1. The topological polar surface area (TPSA) is 114 Å². The largest absolute Gasteiger partial charge is 0.466 e. The third-order valence-electron chi connectivity index (χ3n) is 5.73. The zero-order chi connectivity index (χ0) is 22.0. The number of carbonyl (C=O) groups excluding carboxylic acids is 4. The van der Waals surface area contributed by atoms with Crippen LogP contribution >= 0.6 is 0 Å². The first-order chi connectivity index (χ1) is 15.0. The number of hydrogen-bond acceptors (Lipinski definition) is 7. The summed E-state index contributed by atoms with van der Waals surface area (Å²) in [6, 6.07) is 3.81. The third kappa shape index (κ3) is 4.42. The number of carbonyl (C=O) groups is 4. The molecule has 0 radical (unpaired) electrons. The van der Waals surface area contributed by atoms with Crippen LogP contribution in [0.2, 0.25) is 0 Å². The average Bonchev–Trinajstić information content (AvgIpc) is 3.33. The van der Waals surface area contributed by atoms with Crippen molar-refractivity contribution < 1.29 is 33.4 Å². The van der Waals surface area contributed by atoms with Gasteiger partial charge in [0, 0.05) is 13.1 Å². The lowest BCUT2D eigenvalue weighted by Gasteiger charge is -2.31. The van der Waals surface area contributed by atoms with Crippen LogP contribution in [0.3, 0.4) is 0 Å². The Bertz CT molecular complexity index is 895. The van der Waals surface area contributed by atoms with Crippen LogP contribution in [0.15, 0.2) is 18.2 Å². The zero-order valence-electron chi connectivity index (χ0n) is 17.3. The number of amides is 4. The molecule has 4 rings (SSSR count). The van der Waals surface area contributed by atoms with E-state index in [4.69, 9.17) is 14.2 Å². The standard InChI is InChI=1S/C21H25N3O7/c1-2-29-20(27)14-5-7-23(8-6-14)18(25)10-15-19(26)24(21(28)22-15)11-13-3-4-16-17(9-13)31-12-30-16/h3-4,9,14-15H,2,5-8,10-12H2,1H3,(H,22,28)/t15-/m0/s1. The molecule has 10 nitrogen and oxygen atoms in total. The van der Waals surface area contributed by atoms with Crippen LogP contribution in [0, 0.1) is 5.92 Å². The number of ether oxygens (including phenoxy) is 3. The normalized spacial score (nSPS) is 20.7. The Morgan fingerprint density at radius 1 is 1.16 bits per heavy atom. The maximum atomic E-state index is 12.7. The molecule has 3 aliphatic heterocycles. The first-order valence-corrected chi connectivity index (χ1v) is 10.4. The fourth-order valence-electron chi connectivity index (χ4n) is 4.02. The summed E-state index contributed by atoms with van der Waals surface area (Å²) in [6.07, 6.45) is 0.962. The molecular weight excluding hydrogens is 406 g/mol. The first-order valence-electron chi connectivity index (χ1n) is 10.4. The summed E-state index contributed by atoms with van der Waals surface area (Å²) in [7, 11) is 0. The van der Waals surface area contributed by atoms with Gasteiger partial charge in [-0.3, -0.25) is 19.3 Å². The lowest BCUT2D eigenvalue weighted by atomic mass is 9.96. The van der Waals surface area contributed by atoms with Crippen molar-refractivity contribution in [2.75, 3.05) is 26.5 Å². The highest BCUT2D eigenvalue weighted by molar-refractivity contribution is 6.05. The van der Waals surface area contributed by atoms with Crippen LogP contribution in [-0.2, 0) is 25.7 Å². The number of esters is 1. The maximum absolute atomic E-state index is 12.7. The van der Waals surface area contributed by atoms with E-state index in [1.807, 2.05) is 0 Å². The zero-order valence-corrected chi connectivity index (χ0v) is 17.3. The second-order valence-electron chi connectivity index (χ2n) is 7.73. The van der Waals surface area contributed by atoms with Crippen LogP contribution in [0.25, 0.3) is 0 Å². The Kier molecular flexibility index (Phi) is 5.97. The third-order valence-corrected chi connectivity index (χ3v) is 5.73. The highest BCUT2D eigenvalue weighted by atomic mass is 16.7. The van der Waals surface area contributed by atoms with E-state index in [2.05, 4.69) is 5.32 Å². The van der Waals surface area contributed by atoms with Gasteiger partial charge in [-0.25, -0.2) is 4.79 Å². The number of fused-ring (bicyclic) bond motifs is 1. The lowest BCUT2D eigenvalue weighted by Crippen LogP contribution is -2.43. The minimum absolute atomic E-state index is 0.0803. The van der Waals surface area contributed by atoms with Gasteiger partial charge < -0.3 is 24.4 Å². The maximum Gasteiger partial charge on any atom is 0.325 e. The molecule has 0 bridgehead atoms. The number of benzene rings is 1. The molecule has 1 aromatic rings. The molecule has 166 valence electrons. The van der Waals surface area contributed by atoms with Crippen molar-refractivity contribution in [2.24, 2.45) is 5.92 Å². The molecule has 0 spiro atoms. The first kappa shape index (κ1) is 21.0. The van der Waals surface area contributed by atoms with Crippen molar-refractivity contribution in [1.29, 1.82) is 0 Å². The van der Waals surface area contributed by atoms with Gasteiger partial charge in [0.2, 0.25) is 12.7 Å². The summed E-state index contributed by atoms with van der Waals surface area (Å²) >= 11 is 0.